The molecule has 0 saturated carbocycles. The van der Waals surface area contributed by atoms with Gasteiger partial charge in [-0.25, -0.2) is 0 Å². The van der Waals surface area contributed by atoms with Gasteiger partial charge < -0.3 is 4.74 Å². The highest BCUT2D eigenvalue weighted by molar-refractivity contribution is 9.11. The molecular weight excluding hydrogens is 316 g/mol. The maximum absolute atomic E-state index is 5.50. The molecule has 0 bridgehead atoms. The van der Waals surface area contributed by atoms with Crippen LogP contribution in [0.15, 0.2) is 21.1 Å². The van der Waals surface area contributed by atoms with Crippen LogP contribution in [-0.4, -0.2) is 6.61 Å². The normalized spacial score (nSPS) is 10.2. The van der Waals surface area contributed by atoms with Crippen molar-refractivity contribution in [3.8, 4) is 5.75 Å². The van der Waals surface area contributed by atoms with Crippen LogP contribution in [-0.2, 0) is 5.75 Å². The van der Waals surface area contributed by atoms with Gasteiger partial charge in [-0.15, -0.1) is 0 Å². The molecule has 0 amide bonds. The summed E-state index contributed by atoms with van der Waals surface area (Å²) in [5, 5.41) is 0. The fourth-order valence-electron chi connectivity index (χ4n) is 1.04. The Balaban J connectivity index is 3.13. The molecule has 1 aromatic carbocycles. The molecular formula is C9H10Br2OS. The second-order valence-electron chi connectivity index (χ2n) is 2.47. The SMILES string of the molecule is CCOc1c(Br)cc(Br)cc1CS. The van der Waals surface area contributed by atoms with Gasteiger partial charge >= 0.3 is 0 Å². The maximum atomic E-state index is 5.50. The van der Waals surface area contributed by atoms with Crippen molar-refractivity contribution in [2.24, 2.45) is 0 Å². The molecule has 0 aliphatic heterocycles. The third-order valence-electron chi connectivity index (χ3n) is 1.54. The van der Waals surface area contributed by atoms with Gasteiger partial charge in [0.2, 0.25) is 0 Å². The Hall–Kier alpha value is 0.330. The van der Waals surface area contributed by atoms with Crippen LogP contribution in [0.2, 0.25) is 0 Å². The van der Waals surface area contributed by atoms with Gasteiger partial charge in [-0.3, -0.25) is 0 Å². The molecule has 4 heteroatoms. The van der Waals surface area contributed by atoms with Crippen molar-refractivity contribution in [1.29, 1.82) is 0 Å². The second kappa shape index (κ2) is 5.27. The summed E-state index contributed by atoms with van der Waals surface area (Å²) < 4.78 is 7.50. The molecule has 0 N–H and O–H groups in total. The van der Waals surface area contributed by atoms with E-state index in [0.717, 1.165) is 20.3 Å². The van der Waals surface area contributed by atoms with Crippen molar-refractivity contribution in [3.63, 3.8) is 0 Å². The van der Waals surface area contributed by atoms with E-state index in [-0.39, 0.29) is 0 Å². The first-order valence-electron chi connectivity index (χ1n) is 3.90. The van der Waals surface area contributed by atoms with Crippen LogP contribution in [0.4, 0.5) is 0 Å². The predicted octanol–water partition coefficient (Wildman–Crippen LogP) is 4.04. The molecule has 1 rings (SSSR count). The zero-order chi connectivity index (χ0) is 9.84. The summed E-state index contributed by atoms with van der Waals surface area (Å²) in [5.74, 6) is 1.56. The summed E-state index contributed by atoms with van der Waals surface area (Å²) in [7, 11) is 0. The Morgan fingerprint density at radius 3 is 2.62 bits per heavy atom. The van der Waals surface area contributed by atoms with Gasteiger partial charge in [0.1, 0.15) is 5.75 Å². The zero-order valence-corrected chi connectivity index (χ0v) is 11.2. The predicted molar refractivity (Wildman–Crippen MR) is 65.7 cm³/mol. The Morgan fingerprint density at radius 2 is 2.08 bits per heavy atom. The monoisotopic (exact) mass is 324 g/mol. The van der Waals surface area contributed by atoms with Crippen LogP contribution in [0.3, 0.4) is 0 Å². The van der Waals surface area contributed by atoms with Crippen LogP contribution in [0.1, 0.15) is 12.5 Å². The molecule has 0 aliphatic rings. The Morgan fingerprint density at radius 1 is 1.38 bits per heavy atom. The first-order valence-corrected chi connectivity index (χ1v) is 6.12. The molecule has 72 valence electrons. The lowest BCUT2D eigenvalue weighted by Gasteiger charge is -2.11. The molecule has 0 aromatic heterocycles. The van der Waals surface area contributed by atoms with Gasteiger partial charge in [0.25, 0.3) is 0 Å². The van der Waals surface area contributed by atoms with E-state index in [1.54, 1.807) is 0 Å². The lowest BCUT2D eigenvalue weighted by atomic mass is 10.2. The van der Waals surface area contributed by atoms with Gasteiger partial charge in [-0.2, -0.15) is 12.6 Å². The average Bonchev–Trinajstić information content (AvgIpc) is 2.09. The number of halogens is 2. The quantitative estimate of drug-likeness (QED) is 0.825. The topological polar surface area (TPSA) is 9.23 Å². The van der Waals surface area contributed by atoms with E-state index >= 15 is 0 Å². The molecule has 0 heterocycles. The Bertz CT molecular complexity index is 302. The van der Waals surface area contributed by atoms with Crippen molar-refractivity contribution in [2.75, 3.05) is 6.61 Å². The number of hydrogen-bond acceptors (Lipinski definition) is 2. The maximum Gasteiger partial charge on any atom is 0.137 e. The standard InChI is InChI=1S/C9H10Br2OS/c1-2-12-9-6(5-13)3-7(10)4-8(9)11/h3-4,13H,2,5H2,1H3. The van der Waals surface area contributed by atoms with E-state index in [9.17, 15) is 0 Å². The second-order valence-corrected chi connectivity index (χ2v) is 4.55. The summed E-state index contributed by atoms with van der Waals surface area (Å²) in [5.41, 5.74) is 1.09. The molecule has 1 aromatic rings. The highest BCUT2D eigenvalue weighted by Crippen LogP contribution is 2.33. The lowest BCUT2D eigenvalue weighted by molar-refractivity contribution is 0.335. The number of benzene rings is 1. The van der Waals surface area contributed by atoms with Gasteiger partial charge in [0.05, 0.1) is 11.1 Å². The molecule has 0 radical (unpaired) electrons. The molecule has 0 saturated heterocycles. The van der Waals surface area contributed by atoms with Gasteiger partial charge in [-0.05, 0) is 35.0 Å². The molecule has 0 unspecified atom stereocenters. The largest absolute Gasteiger partial charge is 0.492 e. The van der Waals surface area contributed by atoms with Crippen LogP contribution in [0.5, 0.6) is 5.75 Å². The van der Waals surface area contributed by atoms with E-state index in [1.165, 1.54) is 0 Å². The highest BCUT2D eigenvalue weighted by atomic mass is 79.9. The third-order valence-corrected chi connectivity index (χ3v) is 2.93. The number of rotatable bonds is 3. The summed E-state index contributed by atoms with van der Waals surface area (Å²) in [6.07, 6.45) is 0. The first-order chi connectivity index (χ1) is 6.19. The Kier molecular flexibility index (Phi) is 4.62. The summed E-state index contributed by atoms with van der Waals surface area (Å²) >= 11 is 11.1. The molecule has 1 nitrogen and oxygen atoms in total. The van der Waals surface area contributed by atoms with E-state index < -0.39 is 0 Å². The first kappa shape index (κ1) is 11.4. The van der Waals surface area contributed by atoms with Gasteiger partial charge in [-0.1, -0.05) is 15.9 Å². The van der Waals surface area contributed by atoms with E-state index in [4.69, 9.17) is 4.74 Å². The minimum absolute atomic E-state index is 0.668. The Labute approximate surface area is 101 Å². The number of hydrogen-bond donors (Lipinski definition) is 1. The van der Waals surface area contributed by atoms with Crippen molar-refractivity contribution < 1.29 is 4.74 Å². The van der Waals surface area contributed by atoms with E-state index in [1.807, 2.05) is 19.1 Å². The minimum Gasteiger partial charge on any atom is -0.492 e. The van der Waals surface area contributed by atoms with E-state index in [2.05, 4.69) is 44.5 Å². The zero-order valence-electron chi connectivity index (χ0n) is 7.18. The van der Waals surface area contributed by atoms with Crippen LogP contribution < -0.4 is 4.74 Å². The number of thiol groups is 1. The van der Waals surface area contributed by atoms with Crippen molar-refractivity contribution in [3.05, 3.63) is 26.6 Å². The van der Waals surface area contributed by atoms with Gasteiger partial charge in [0, 0.05) is 15.8 Å². The van der Waals surface area contributed by atoms with Crippen LogP contribution in [0, 0.1) is 0 Å². The van der Waals surface area contributed by atoms with Crippen molar-refractivity contribution in [1.82, 2.24) is 0 Å². The minimum atomic E-state index is 0.668. The molecule has 0 spiro atoms. The van der Waals surface area contributed by atoms with Crippen LogP contribution >= 0.6 is 44.5 Å². The van der Waals surface area contributed by atoms with E-state index in [0.29, 0.717) is 12.4 Å². The van der Waals surface area contributed by atoms with Crippen LogP contribution in [0.25, 0.3) is 0 Å². The molecule has 0 fully saturated rings. The summed E-state index contributed by atoms with van der Waals surface area (Å²) in [6, 6.07) is 3.99. The van der Waals surface area contributed by atoms with Gasteiger partial charge in [0.15, 0.2) is 0 Å². The molecule has 0 atom stereocenters. The molecule has 13 heavy (non-hydrogen) atoms. The fourth-order valence-corrected chi connectivity index (χ4v) is 2.70. The average molecular weight is 326 g/mol. The summed E-state index contributed by atoms with van der Waals surface area (Å²) in [6.45, 7) is 2.64. The van der Waals surface area contributed by atoms with Crippen molar-refractivity contribution in [2.45, 2.75) is 12.7 Å². The van der Waals surface area contributed by atoms with Crippen molar-refractivity contribution >= 4 is 44.5 Å². The highest BCUT2D eigenvalue weighted by Gasteiger charge is 2.07. The molecule has 0 aliphatic carbocycles. The third kappa shape index (κ3) is 2.89. The summed E-state index contributed by atoms with van der Waals surface area (Å²) in [4.78, 5) is 0. The smallest absolute Gasteiger partial charge is 0.137 e. The lowest BCUT2D eigenvalue weighted by Crippen LogP contribution is -1.96. The number of ether oxygens (including phenoxy) is 1. The fraction of sp³-hybridized carbons (Fsp3) is 0.333.